The standard InChI is InChI=1S/C18H19F3N2O4/c1-2-25-10-11-27-17(22-12-15-4-3-9-26-15)23-16(24)13-5-7-14(8-6-13)18(19,20)21/h3-9H,2,10-12H2,1H3,(H,22,23,24). The summed E-state index contributed by atoms with van der Waals surface area (Å²) in [5.41, 5.74) is -0.791. The van der Waals surface area contributed by atoms with Gasteiger partial charge < -0.3 is 13.9 Å². The minimum absolute atomic E-state index is 0.0436. The van der Waals surface area contributed by atoms with Crippen LogP contribution < -0.4 is 5.32 Å². The van der Waals surface area contributed by atoms with Gasteiger partial charge in [0.2, 0.25) is 0 Å². The molecule has 0 fully saturated rings. The third kappa shape index (κ3) is 6.78. The molecule has 1 N–H and O–H groups in total. The number of halogens is 3. The summed E-state index contributed by atoms with van der Waals surface area (Å²) in [5.74, 6) is -0.0805. The Morgan fingerprint density at radius 1 is 1.19 bits per heavy atom. The van der Waals surface area contributed by atoms with Crippen LogP contribution in [-0.2, 0) is 22.2 Å². The Morgan fingerprint density at radius 2 is 1.93 bits per heavy atom. The molecule has 2 aromatic rings. The van der Waals surface area contributed by atoms with Crippen LogP contribution in [0.15, 0.2) is 52.1 Å². The van der Waals surface area contributed by atoms with E-state index < -0.39 is 17.6 Å². The van der Waals surface area contributed by atoms with Crippen molar-refractivity contribution in [3.8, 4) is 0 Å². The number of benzene rings is 1. The molecule has 0 saturated carbocycles. The number of rotatable bonds is 7. The second kappa shape index (κ2) is 9.77. The molecule has 146 valence electrons. The lowest BCUT2D eigenvalue weighted by Crippen LogP contribution is -2.33. The Bertz CT molecular complexity index is 741. The number of carbonyl (C=O) groups excluding carboxylic acids is 1. The average Bonchev–Trinajstić information content (AvgIpc) is 3.16. The molecule has 0 saturated heterocycles. The summed E-state index contributed by atoms with van der Waals surface area (Å²) in [6, 6.07) is 7.18. The Balaban J connectivity index is 2.03. The van der Waals surface area contributed by atoms with Crippen molar-refractivity contribution in [2.24, 2.45) is 4.99 Å². The number of hydrogen-bond acceptors (Lipinski definition) is 5. The third-order valence-electron chi connectivity index (χ3n) is 3.32. The van der Waals surface area contributed by atoms with Crippen molar-refractivity contribution in [1.82, 2.24) is 5.32 Å². The fourth-order valence-electron chi connectivity index (χ4n) is 2.00. The first-order chi connectivity index (χ1) is 12.9. The molecule has 0 aliphatic heterocycles. The molecule has 9 heteroatoms. The Labute approximate surface area is 154 Å². The van der Waals surface area contributed by atoms with Crippen molar-refractivity contribution in [3.05, 3.63) is 59.5 Å². The highest BCUT2D eigenvalue weighted by Gasteiger charge is 2.30. The van der Waals surface area contributed by atoms with Crippen LogP contribution in [0.1, 0.15) is 28.6 Å². The molecule has 2 rings (SSSR count). The van der Waals surface area contributed by atoms with Gasteiger partial charge in [0.15, 0.2) is 0 Å². The fraction of sp³-hybridized carbons (Fsp3) is 0.333. The molecule has 0 atom stereocenters. The van der Waals surface area contributed by atoms with E-state index in [1.54, 1.807) is 12.1 Å². The zero-order chi connectivity index (χ0) is 19.7. The van der Waals surface area contributed by atoms with E-state index in [1.807, 2.05) is 6.92 Å². The van der Waals surface area contributed by atoms with E-state index in [2.05, 4.69) is 10.3 Å². The van der Waals surface area contributed by atoms with Crippen molar-refractivity contribution in [2.45, 2.75) is 19.6 Å². The first-order valence-electron chi connectivity index (χ1n) is 8.16. The molecule has 0 aliphatic carbocycles. The molecule has 0 radical (unpaired) electrons. The predicted octanol–water partition coefficient (Wildman–Crippen LogP) is 3.64. The van der Waals surface area contributed by atoms with Gasteiger partial charge in [-0.05, 0) is 43.3 Å². The number of hydrogen-bond donors (Lipinski definition) is 1. The lowest BCUT2D eigenvalue weighted by atomic mass is 10.1. The summed E-state index contributed by atoms with van der Waals surface area (Å²) < 4.78 is 53.5. The van der Waals surface area contributed by atoms with Crippen LogP contribution in [0.3, 0.4) is 0 Å². The highest BCUT2D eigenvalue weighted by atomic mass is 19.4. The fourth-order valence-corrected chi connectivity index (χ4v) is 2.00. The van der Waals surface area contributed by atoms with Gasteiger partial charge in [0, 0.05) is 12.2 Å². The molecular formula is C18H19F3N2O4. The number of alkyl halides is 3. The highest BCUT2D eigenvalue weighted by Crippen LogP contribution is 2.29. The molecule has 1 amide bonds. The molecule has 1 heterocycles. The van der Waals surface area contributed by atoms with Gasteiger partial charge in [-0.15, -0.1) is 0 Å². The average molecular weight is 384 g/mol. The maximum absolute atomic E-state index is 12.6. The van der Waals surface area contributed by atoms with Crippen molar-refractivity contribution in [3.63, 3.8) is 0 Å². The Kier molecular flexibility index (Phi) is 7.42. The lowest BCUT2D eigenvalue weighted by molar-refractivity contribution is -0.137. The SMILES string of the molecule is CCOCCOC(=NCc1ccco1)NC(=O)c1ccc(C(F)(F)F)cc1. The number of nitrogens with zero attached hydrogens (tertiary/aromatic N) is 1. The second-order valence-corrected chi connectivity index (χ2v) is 5.28. The number of carbonyl (C=O) groups is 1. The zero-order valence-corrected chi connectivity index (χ0v) is 14.6. The van der Waals surface area contributed by atoms with Gasteiger partial charge in [0.1, 0.15) is 18.9 Å². The predicted molar refractivity (Wildman–Crippen MR) is 91.2 cm³/mol. The van der Waals surface area contributed by atoms with Gasteiger partial charge in [-0.1, -0.05) is 0 Å². The van der Waals surface area contributed by atoms with Crippen LogP contribution in [0, 0.1) is 0 Å². The molecule has 0 bridgehead atoms. The number of nitrogens with one attached hydrogen (secondary N) is 1. The van der Waals surface area contributed by atoms with Crippen molar-refractivity contribution in [1.29, 1.82) is 0 Å². The van der Waals surface area contributed by atoms with Crippen molar-refractivity contribution >= 4 is 11.9 Å². The normalized spacial score (nSPS) is 12.1. The molecule has 0 aliphatic rings. The highest BCUT2D eigenvalue weighted by molar-refractivity contribution is 6.04. The first-order valence-corrected chi connectivity index (χ1v) is 8.16. The maximum Gasteiger partial charge on any atom is 0.416 e. The maximum atomic E-state index is 12.6. The van der Waals surface area contributed by atoms with E-state index in [9.17, 15) is 18.0 Å². The van der Waals surface area contributed by atoms with Crippen LogP contribution in [0.2, 0.25) is 0 Å². The van der Waals surface area contributed by atoms with Gasteiger partial charge in [-0.3, -0.25) is 10.1 Å². The van der Waals surface area contributed by atoms with E-state index >= 15 is 0 Å². The zero-order valence-electron chi connectivity index (χ0n) is 14.6. The number of aliphatic imine (C=N–C) groups is 1. The Hall–Kier alpha value is -2.81. The van der Waals surface area contributed by atoms with Gasteiger partial charge >= 0.3 is 6.18 Å². The van der Waals surface area contributed by atoms with Crippen molar-refractivity contribution in [2.75, 3.05) is 19.8 Å². The molecular weight excluding hydrogens is 365 g/mol. The molecule has 1 aromatic heterocycles. The van der Waals surface area contributed by atoms with E-state index in [0.717, 1.165) is 24.3 Å². The van der Waals surface area contributed by atoms with Crippen LogP contribution in [0.4, 0.5) is 13.2 Å². The van der Waals surface area contributed by atoms with Crippen LogP contribution >= 0.6 is 0 Å². The molecule has 0 unspecified atom stereocenters. The van der Waals surface area contributed by atoms with Crippen LogP contribution in [0.25, 0.3) is 0 Å². The van der Waals surface area contributed by atoms with Gasteiger partial charge in [0.25, 0.3) is 11.9 Å². The number of ether oxygens (including phenoxy) is 2. The number of amidine groups is 1. The largest absolute Gasteiger partial charge is 0.467 e. The summed E-state index contributed by atoms with van der Waals surface area (Å²) in [7, 11) is 0. The minimum Gasteiger partial charge on any atom is -0.467 e. The van der Waals surface area contributed by atoms with E-state index in [4.69, 9.17) is 13.9 Å². The van der Waals surface area contributed by atoms with Gasteiger partial charge in [-0.2, -0.15) is 13.2 Å². The van der Waals surface area contributed by atoms with Crippen LogP contribution in [0.5, 0.6) is 0 Å². The third-order valence-corrected chi connectivity index (χ3v) is 3.32. The minimum atomic E-state index is -4.47. The summed E-state index contributed by atoms with van der Waals surface area (Å²) in [6.45, 7) is 2.92. The van der Waals surface area contributed by atoms with E-state index in [-0.39, 0.29) is 24.7 Å². The lowest BCUT2D eigenvalue weighted by Gasteiger charge is -2.11. The smallest absolute Gasteiger partial charge is 0.416 e. The molecule has 27 heavy (non-hydrogen) atoms. The second-order valence-electron chi connectivity index (χ2n) is 5.28. The van der Waals surface area contributed by atoms with E-state index in [0.29, 0.717) is 19.0 Å². The number of amides is 1. The quantitative estimate of drug-likeness (QED) is 0.449. The summed E-state index contributed by atoms with van der Waals surface area (Å²) in [4.78, 5) is 16.4. The van der Waals surface area contributed by atoms with E-state index in [1.165, 1.54) is 6.26 Å². The first kappa shape index (κ1) is 20.5. The summed E-state index contributed by atoms with van der Waals surface area (Å²) >= 11 is 0. The van der Waals surface area contributed by atoms with Gasteiger partial charge in [0.05, 0.1) is 18.4 Å². The Morgan fingerprint density at radius 3 is 2.52 bits per heavy atom. The van der Waals surface area contributed by atoms with Gasteiger partial charge in [-0.25, -0.2) is 4.99 Å². The monoisotopic (exact) mass is 384 g/mol. The van der Waals surface area contributed by atoms with Crippen LogP contribution in [-0.4, -0.2) is 31.7 Å². The number of furan rings is 1. The molecule has 6 nitrogen and oxygen atoms in total. The summed E-state index contributed by atoms with van der Waals surface area (Å²) in [5, 5.41) is 2.44. The molecule has 1 aromatic carbocycles. The topological polar surface area (TPSA) is 73.1 Å². The molecule has 0 spiro atoms. The van der Waals surface area contributed by atoms with Crippen molar-refractivity contribution < 1.29 is 31.9 Å². The summed E-state index contributed by atoms with van der Waals surface area (Å²) in [6.07, 6.45) is -2.98.